The highest BCUT2D eigenvalue weighted by molar-refractivity contribution is 7.89. The number of nitrogens with zero attached hydrogens (tertiary/aromatic N) is 3. The number of hydrogen-bond donors (Lipinski definition) is 0. The summed E-state index contributed by atoms with van der Waals surface area (Å²) in [6.45, 7) is 6.82. The molecule has 1 atom stereocenters. The van der Waals surface area contributed by atoms with Gasteiger partial charge in [0.1, 0.15) is 5.69 Å². The summed E-state index contributed by atoms with van der Waals surface area (Å²) in [5, 5.41) is 3.96. The molecule has 36 heavy (non-hydrogen) atoms. The number of sulfonamides is 1. The molecule has 1 saturated heterocycles. The number of aryl methyl sites for hydroxylation is 3. The van der Waals surface area contributed by atoms with Gasteiger partial charge in [-0.1, -0.05) is 53.2 Å². The number of fused-ring (bicyclic) bond motifs is 1. The number of para-hydroxylation sites is 1. The second-order valence-electron chi connectivity index (χ2n) is 9.73. The fourth-order valence-corrected chi connectivity index (χ4v) is 6.96. The maximum absolute atomic E-state index is 13.8. The van der Waals surface area contributed by atoms with Crippen LogP contribution in [0.5, 0.6) is 0 Å². The SMILES string of the molecule is Cc1ccc(C)c(/C=C/c2onc(C)c2S(=O)(=O)N2CCC[C@@H](C(=O)N3CCc4ccccc43)C2)c1. The van der Waals surface area contributed by atoms with Crippen LogP contribution in [-0.2, 0) is 21.2 Å². The molecule has 7 nitrogen and oxygen atoms in total. The summed E-state index contributed by atoms with van der Waals surface area (Å²) >= 11 is 0. The van der Waals surface area contributed by atoms with E-state index in [-0.39, 0.29) is 29.0 Å². The molecule has 1 fully saturated rings. The number of amides is 1. The lowest BCUT2D eigenvalue weighted by Crippen LogP contribution is -2.46. The van der Waals surface area contributed by atoms with Gasteiger partial charge in [0.15, 0.2) is 10.7 Å². The average Bonchev–Trinajstić information content (AvgIpc) is 3.48. The maximum Gasteiger partial charge on any atom is 0.248 e. The van der Waals surface area contributed by atoms with Crippen molar-refractivity contribution in [3.63, 3.8) is 0 Å². The zero-order valence-electron chi connectivity index (χ0n) is 20.9. The van der Waals surface area contributed by atoms with E-state index in [4.69, 9.17) is 4.52 Å². The first-order valence-corrected chi connectivity index (χ1v) is 13.8. The van der Waals surface area contributed by atoms with Gasteiger partial charge in [0.05, 0.1) is 5.92 Å². The smallest absolute Gasteiger partial charge is 0.248 e. The van der Waals surface area contributed by atoms with E-state index in [1.54, 1.807) is 13.0 Å². The van der Waals surface area contributed by atoms with Gasteiger partial charge in [-0.3, -0.25) is 4.79 Å². The maximum atomic E-state index is 13.8. The molecule has 1 amide bonds. The first kappa shape index (κ1) is 24.5. The number of rotatable bonds is 5. The highest BCUT2D eigenvalue weighted by Crippen LogP contribution is 2.33. The third kappa shape index (κ3) is 4.51. The molecule has 0 unspecified atom stereocenters. The van der Waals surface area contributed by atoms with Crippen LogP contribution in [0.4, 0.5) is 5.69 Å². The molecule has 2 aliphatic heterocycles. The van der Waals surface area contributed by atoms with Crippen LogP contribution in [0.15, 0.2) is 51.9 Å². The van der Waals surface area contributed by atoms with Gasteiger partial charge in [0.2, 0.25) is 15.9 Å². The number of carbonyl (C=O) groups is 1. The third-order valence-electron chi connectivity index (χ3n) is 7.17. The Morgan fingerprint density at radius 1 is 1.08 bits per heavy atom. The first-order chi connectivity index (χ1) is 17.3. The van der Waals surface area contributed by atoms with Crippen molar-refractivity contribution in [1.82, 2.24) is 9.46 Å². The lowest BCUT2D eigenvalue weighted by Gasteiger charge is -2.33. The summed E-state index contributed by atoms with van der Waals surface area (Å²) in [6, 6.07) is 14.0. The van der Waals surface area contributed by atoms with E-state index in [9.17, 15) is 13.2 Å². The van der Waals surface area contributed by atoms with Gasteiger partial charge in [0.25, 0.3) is 0 Å². The Morgan fingerprint density at radius 2 is 1.89 bits per heavy atom. The van der Waals surface area contributed by atoms with Crippen molar-refractivity contribution < 1.29 is 17.7 Å². The number of piperidine rings is 1. The number of aromatic nitrogens is 1. The monoisotopic (exact) mass is 505 g/mol. The van der Waals surface area contributed by atoms with Gasteiger partial charge in [-0.15, -0.1) is 0 Å². The predicted octanol–water partition coefficient (Wildman–Crippen LogP) is 4.76. The summed E-state index contributed by atoms with van der Waals surface area (Å²) < 4.78 is 34.4. The number of hydrogen-bond acceptors (Lipinski definition) is 5. The average molecular weight is 506 g/mol. The van der Waals surface area contributed by atoms with Crippen LogP contribution in [0.25, 0.3) is 12.2 Å². The Labute approximate surface area is 212 Å². The van der Waals surface area contributed by atoms with E-state index in [0.29, 0.717) is 31.6 Å². The van der Waals surface area contributed by atoms with Gasteiger partial charge >= 0.3 is 0 Å². The van der Waals surface area contributed by atoms with Crippen molar-refractivity contribution in [2.24, 2.45) is 5.92 Å². The van der Waals surface area contributed by atoms with Crippen LogP contribution in [0.3, 0.4) is 0 Å². The highest BCUT2D eigenvalue weighted by atomic mass is 32.2. The molecular formula is C28H31N3O4S. The molecule has 2 aromatic carbocycles. The Hall–Kier alpha value is -3.23. The van der Waals surface area contributed by atoms with Crippen molar-refractivity contribution in [2.45, 2.75) is 44.9 Å². The number of benzene rings is 2. The molecular weight excluding hydrogens is 474 g/mol. The molecule has 5 rings (SSSR count). The van der Waals surface area contributed by atoms with E-state index < -0.39 is 10.0 Å². The normalized spacial score (nSPS) is 18.6. The predicted molar refractivity (Wildman–Crippen MR) is 140 cm³/mol. The summed E-state index contributed by atoms with van der Waals surface area (Å²) in [7, 11) is -3.90. The van der Waals surface area contributed by atoms with Gasteiger partial charge < -0.3 is 9.42 Å². The standard InChI is InChI=1S/C28H31N3O4S/c1-19-10-11-20(2)23(17-19)12-13-26-27(21(3)29-35-26)36(33,34)30-15-6-8-24(18-30)28(32)31-16-14-22-7-4-5-9-25(22)31/h4-5,7,9-13,17,24H,6,8,14-16,18H2,1-3H3/b13-12+/t24-/m1/s1. The van der Waals surface area contributed by atoms with Crippen LogP contribution in [-0.4, -0.2) is 43.4 Å². The fourth-order valence-electron chi connectivity index (χ4n) is 5.18. The van der Waals surface area contributed by atoms with E-state index in [0.717, 1.165) is 34.4 Å². The van der Waals surface area contributed by atoms with E-state index in [1.165, 1.54) is 4.31 Å². The molecule has 2 aliphatic rings. The molecule has 1 aromatic heterocycles. The fraction of sp³-hybridized carbons (Fsp3) is 0.357. The largest absolute Gasteiger partial charge is 0.355 e. The molecule has 0 radical (unpaired) electrons. The minimum atomic E-state index is -3.90. The van der Waals surface area contributed by atoms with Crippen LogP contribution < -0.4 is 4.90 Å². The minimum Gasteiger partial charge on any atom is -0.355 e. The second-order valence-corrected chi connectivity index (χ2v) is 11.6. The molecule has 8 heteroatoms. The van der Waals surface area contributed by atoms with Crippen molar-refractivity contribution in [3.05, 3.63) is 76.2 Å². The molecule has 3 heterocycles. The molecule has 0 aliphatic carbocycles. The zero-order valence-corrected chi connectivity index (χ0v) is 21.7. The number of anilines is 1. The van der Waals surface area contributed by atoms with E-state index in [2.05, 4.69) is 5.16 Å². The lowest BCUT2D eigenvalue weighted by molar-refractivity contribution is -0.123. The summed E-state index contributed by atoms with van der Waals surface area (Å²) in [6.07, 6.45) is 5.65. The first-order valence-electron chi connectivity index (χ1n) is 12.4. The topological polar surface area (TPSA) is 83.7 Å². The van der Waals surface area contributed by atoms with E-state index in [1.807, 2.05) is 67.3 Å². The highest BCUT2D eigenvalue weighted by Gasteiger charge is 2.39. The zero-order chi connectivity index (χ0) is 25.4. The Morgan fingerprint density at radius 3 is 2.72 bits per heavy atom. The number of carbonyl (C=O) groups excluding carboxylic acids is 1. The van der Waals surface area contributed by atoms with Crippen LogP contribution in [0.2, 0.25) is 0 Å². The van der Waals surface area contributed by atoms with Gasteiger partial charge in [-0.25, -0.2) is 8.42 Å². The molecule has 3 aromatic rings. The molecule has 0 N–H and O–H groups in total. The van der Waals surface area contributed by atoms with E-state index >= 15 is 0 Å². The van der Waals surface area contributed by atoms with Crippen LogP contribution in [0, 0.1) is 26.7 Å². The molecule has 188 valence electrons. The molecule has 0 bridgehead atoms. The summed E-state index contributed by atoms with van der Waals surface area (Å²) in [5.41, 5.74) is 5.60. The summed E-state index contributed by atoms with van der Waals surface area (Å²) in [5.74, 6) is -0.180. The van der Waals surface area contributed by atoms with Crippen LogP contribution >= 0.6 is 0 Å². The third-order valence-corrected chi connectivity index (χ3v) is 9.19. The van der Waals surface area contributed by atoms with Crippen molar-refractivity contribution in [1.29, 1.82) is 0 Å². The Bertz CT molecular complexity index is 1440. The van der Waals surface area contributed by atoms with Crippen molar-refractivity contribution in [3.8, 4) is 0 Å². The van der Waals surface area contributed by atoms with Gasteiger partial charge in [0, 0.05) is 25.3 Å². The van der Waals surface area contributed by atoms with Gasteiger partial charge in [-0.2, -0.15) is 4.31 Å². The lowest BCUT2D eigenvalue weighted by atomic mass is 9.98. The van der Waals surface area contributed by atoms with Gasteiger partial charge in [-0.05, 0) is 68.9 Å². The Balaban J connectivity index is 1.39. The Kier molecular flexibility index (Phi) is 6.57. The summed E-state index contributed by atoms with van der Waals surface area (Å²) in [4.78, 5) is 15.3. The van der Waals surface area contributed by atoms with Crippen molar-refractivity contribution in [2.75, 3.05) is 24.5 Å². The second kappa shape index (κ2) is 9.67. The quantitative estimate of drug-likeness (QED) is 0.499. The molecule has 0 saturated carbocycles. The minimum absolute atomic E-state index is 0.00284. The van der Waals surface area contributed by atoms with Crippen molar-refractivity contribution >= 4 is 33.8 Å². The van der Waals surface area contributed by atoms with Crippen LogP contribution in [0.1, 0.15) is 46.5 Å². The molecule has 0 spiro atoms.